The van der Waals surface area contributed by atoms with Gasteiger partial charge >= 0.3 is 0 Å². The smallest absolute Gasteiger partial charge is 0.250 e. The first-order valence-corrected chi connectivity index (χ1v) is 10.7. The zero-order valence-corrected chi connectivity index (χ0v) is 18.8. The van der Waals surface area contributed by atoms with Crippen LogP contribution in [-0.2, 0) is 19.9 Å². The Kier molecular flexibility index (Phi) is 5.67. The highest BCUT2D eigenvalue weighted by Crippen LogP contribution is 2.48. The Bertz CT molecular complexity index is 1100. The summed E-state index contributed by atoms with van der Waals surface area (Å²) >= 11 is 9.52. The maximum Gasteiger partial charge on any atom is 0.250 e. The molecular formula is C21H20BrClN4O4. The quantitative estimate of drug-likeness (QED) is 0.496. The maximum atomic E-state index is 13.5. The molecule has 0 aliphatic carbocycles. The number of rotatable bonds is 5. The van der Waals surface area contributed by atoms with Crippen LogP contribution in [0.4, 0.5) is 11.4 Å². The number of carbonyl (C=O) groups excluding carboxylic acids is 3. The molecule has 31 heavy (non-hydrogen) atoms. The molecule has 0 aromatic heterocycles. The number of methoxy groups -OCH3 is 1. The van der Waals surface area contributed by atoms with E-state index < -0.39 is 29.3 Å². The molecule has 2 heterocycles. The third-order valence-corrected chi connectivity index (χ3v) is 6.40. The van der Waals surface area contributed by atoms with E-state index >= 15 is 0 Å². The molecule has 3 atom stereocenters. The number of hydrogen-bond acceptors (Lipinski definition) is 5. The van der Waals surface area contributed by atoms with E-state index in [0.29, 0.717) is 27.7 Å². The van der Waals surface area contributed by atoms with Crippen molar-refractivity contribution in [2.45, 2.75) is 24.4 Å². The number of fused-ring (bicyclic) bond motifs is 2. The van der Waals surface area contributed by atoms with Crippen LogP contribution < -0.4 is 26.4 Å². The lowest BCUT2D eigenvalue weighted by Crippen LogP contribution is -2.52. The Morgan fingerprint density at radius 2 is 2.10 bits per heavy atom. The summed E-state index contributed by atoms with van der Waals surface area (Å²) in [4.78, 5) is 38.3. The number of nitrogens with two attached hydrogens (primary N) is 1. The highest BCUT2D eigenvalue weighted by Gasteiger charge is 2.60. The van der Waals surface area contributed by atoms with Crippen LogP contribution in [-0.4, -0.2) is 30.9 Å². The fraction of sp³-hybridized carbons (Fsp3) is 0.286. The lowest BCUT2D eigenvalue weighted by Gasteiger charge is -2.29. The van der Waals surface area contributed by atoms with Gasteiger partial charge in [-0.1, -0.05) is 27.5 Å². The lowest BCUT2D eigenvalue weighted by atomic mass is 9.79. The molecule has 2 aromatic rings. The van der Waals surface area contributed by atoms with Crippen molar-refractivity contribution in [2.75, 3.05) is 17.7 Å². The number of anilines is 2. The highest BCUT2D eigenvalue weighted by atomic mass is 79.9. The first kappa shape index (κ1) is 21.6. The normalized spacial score (nSPS) is 24.0. The van der Waals surface area contributed by atoms with Gasteiger partial charge in [-0.3, -0.25) is 19.7 Å². The van der Waals surface area contributed by atoms with E-state index in [1.165, 1.54) is 7.11 Å². The van der Waals surface area contributed by atoms with E-state index in [-0.39, 0.29) is 18.7 Å². The van der Waals surface area contributed by atoms with Crippen LogP contribution in [0.25, 0.3) is 0 Å². The predicted molar refractivity (Wildman–Crippen MR) is 120 cm³/mol. The molecule has 1 saturated heterocycles. The SMILES string of the molecule is COc1ccc(Cl)cc1NC(=O)[C@H]1C[C@H](CC(N)=O)N[C@]12C(=O)Nc1ccc(Br)cc12. The van der Waals surface area contributed by atoms with Crippen molar-refractivity contribution < 1.29 is 19.1 Å². The summed E-state index contributed by atoms with van der Waals surface area (Å²) in [6, 6.07) is 9.80. The van der Waals surface area contributed by atoms with E-state index in [1.807, 2.05) is 0 Å². The minimum absolute atomic E-state index is 0.00261. The first-order valence-electron chi connectivity index (χ1n) is 9.56. The Labute approximate surface area is 192 Å². The van der Waals surface area contributed by atoms with Gasteiger partial charge in [0.25, 0.3) is 0 Å². The van der Waals surface area contributed by atoms with Gasteiger partial charge in [0.15, 0.2) is 0 Å². The molecule has 0 saturated carbocycles. The molecule has 2 aliphatic heterocycles. The molecule has 0 bridgehead atoms. The Morgan fingerprint density at radius 3 is 2.81 bits per heavy atom. The van der Waals surface area contributed by atoms with E-state index in [1.54, 1.807) is 36.4 Å². The van der Waals surface area contributed by atoms with Crippen LogP contribution in [0.2, 0.25) is 5.02 Å². The summed E-state index contributed by atoms with van der Waals surface area (Å²) in [7, 11) is 1.48. The molecule has 10 heteroatoms. The predicted octanol–water partition coefficient (Wildman–Crippen LogP) is 2.75. The van der Waals surface area contributed by atoms with Gasteiger partial charge in [-0.05, 0) is 42.8 Å². The number of benzene rings is 2. The summed E-state index contributed by atoms with van der Waals surface area (Å²) in [5, 5.41) is 9.35. The summed E-state index contributed by atoms with van der Waals surface area (Å²) in [5.41, 5.74) is 5.69. The minimum atomic E-state index is -1.34. The monoisotopic (exact) mass is 506 g/mol. The molecule has 5 N–H and O–H groups in total. The van der Waals surface area contributed by atoms with Gasteiger partial charge in [-0.25, -0.2) is 0 Å². The van der Waals surface area contributed by atoms with Crippen molar-refractivity contribution in [3.8, 4) is 5.75 Å². The van der Waals surface area contributed by atoms with Gasteiger partial charge < -0.3 is 21.1 Å². The second kappa shape index (κ2) is 8.14. The number of ether oxygens (including phenoxy) is 1. The Morgan fingerprint density at radius 1 is 1.32 bits per heavy atom. The van der Waals surface area contributed by atoms with Crippen LogP contribution in [0.15, 0.2) is 40.9 Å². The third kappa shape index (κ3) is 3.77. The second-order valence-corrected chi connectivity index (χ2v) is 8.94. The minimum Gasteiger partial charge on any atom is -0.495 e. The van der Waals surface area contributed by atoms with Gasteiger partial charge in [0, 0.05) is 33.2 Å². The van der Waals surface area contributed by atoms with E-state index in [4.69, 9.17) is 22.1 Å². The van der Waals surface area contributed by atoms with Crippen molar-refractivity contribution in [1.29, 1.82) is 0 Å². The lowest BCUT2D eigenvalue weighted by molar-refractivity contribution is -0.130. The van der Waals surface area contributed by atoms with Gasteiger partial charge in [0.05, 0.1) is 18.7 Å². The zero-order chi connectivity index (χ0) is 22.3. The summed E-state index contributed by atoms with van der Waals surface area (Å²) in [5.74, 6) is -1.64. The Balaban J connectivity index is 1.75. The average molecular weight is 508 g/mol. The number of carbonyl (C=O) groups is 3. The second-order valence-electron chi connectivity index (χ2n) is 7.59. The standard InChI is InChI=1S/C21H20BrClN4O4/c1-31-17-5-3-11(23)7-16(17)25-19(29)14-8-12(9-18(24)28)27-21(14)13-6-10(22)2-4-15(13)26-20(21)30/h2-7,12,14,27H,8-9H2,1H3,(H2,24,28)(H,25,29)(H,26,30)/t12-,14-,21+/m1/s1. The molecular weight excluding hydrogens is 488 g/mol. The summed E-state index contributed by atoms with van der Waals surface area (Å²) in [6.07, 6.45) is 0.250. The van der Waals surface area contributed by atoms with Crippen molar-refractivity contribution in [3.05, 3.63) is 51.5 Å². The molecule has 1 fully saturated rings. The van der Waals surface area contributed by atoms with Crippen molar-refractivity contribution in [2.24, 2.45) is 11.7 Å². The van der Waals surface area contributed by atoms with Gasteiger partial charge in [-0.15, -0.1) is 0 Å². The summed E-state index contributed by atoms with van der Waals surface area (Å²) < 4.78 is 6.07. The maximum absolute atomic E-state index is 13.5. The van der Waals surface area contributed by atoms with Crippen molar-refractivity contribution in [1.82, 2.24) is 5.32 Å². The highest BCUT2D eigenvalue weighted by molar-refractivity contribution is 9.10. The molecule has 4 rings (SSSR count). The fourth-order valence-corrected chi connectivity index (χ4v) is 4.94. The van der Waals surface area contributed by atoms with Gasteiger partial charge in [-0.2, -0.15) is 0 Å². The molecule has 1 spiro atoms. The average Bonchev–Trinajstić information content (AvgIpc) is 3.21. The fourth-order valence-electron chi connectivity index (χ4n) is 4.41. The van der Waals surface area contributed by atoms with Crippen LogP contribution in [0, 0.1) is 5.92 Å². The van der Waals surface area contributed by atoms with E-state index in [2.05, 4.69) is 31.9 Å². The van der Waals surface area contributed by atoms with Crippen molar-refractivity contribution in [3.63, 3.8) is 0 Å². The largest absolute Gasteiger partial charge is 0.495 e. The Hall–Kier alpha value is -2.62. The number of nitrogens with one attached hydrogen (secondary N) is 3. The van der Waals surface area contributed by atoms with Crippen molar-refractivity contribution >= 4 is 56.6 Å². The molecule has 2 aromatic carbocycles. The first-order chi connectivity index (χ1) is 14.7. The topological polar surface area (TPSA) is 123 Å². The van der Waals surface area contributed by atoms with Crippen LogP contribution in [0.5, 0.6) is 5.75 Å². The number of amides is 3. The zero-order valence-electron chi connectivity index (χ0n) is 16.5. The molecule has 2 aliphatic rings. The van der Waals surface area contributed by atoms with E-state index in [9.17, 15) is 14.4 Å². The molecule has 0 radical (unpaired) electrons. The molecule has 8 nitrogen and oxygen atoms in total. The molecule has 0 unspecified atom stereocenters. The van der Waals surface area contributed by atoms with Crippen LogP contribution in [0.3, 0.4) is 0 Å². The van der Waals surface area contributed by atoms with Crippen LogP contribution in [0.1, 0.15) is 18.4 Å². The molecule has 3 amide bonds. The van der Waals surface area contributed by atoms with E-state index in [0.717, 1.165) is 4.47 Å². The molecule has 162 valence electrons. The van der Waals surface area contributed by atoms with Gasteiger partial charge in [0.2, 0.25) is 17.7 Å². The van der Waals surface area contributed by atoms with Crippen LogP contribution >= 0.6 is 27.5 Å². The summed E-state index contributed by atoms with van der Waals surface area (Å²) in [6.45, 7) is 0. The number of hydrogen-bond donors (Lipinski definition) is 4. The third-order valence-electron chi connectivity index (χ3n) is 5.67. The number of halogens is 2. The van der Waals surface area contributed by atoms with Gasteiger partial charge in [0.1, 0.15) is 11.3 Å². The number of primary amides is 1.